The van der Waals surface area contributed by atoms with Crippen LogP contribution in [0.25, 0.3) is 0 Å². The zero-order valence-corrected chi connectivity index (χ0v) is 11.1. The predicted octanol–water partition coefficient (Wildman–Crippen LogP) is 2.79. The number of carbonyl (C=O) groups excluding carboxylic acids is 1. The van der Waals surface area contributed by atoms with E-state index in [0.29, 0.717) is 6.61 Å². The first-order valence-corrected chi connectivity index (χ1v) is 6.83. The van der Waals surface area contributed by atoms with Crippen LogP contribution in [0.4, 0.5) is 0 Å². The highest BCUT2D eigenvalue weighted by Gasteiger charge is 2.44. The summed E-state index contributed by atoms with van der Waals surface area (Å²) in [5.41, 5.74) is 0.504. The lowest BCUT2D eigenvalue weighted by atomic mass is 9.79. The molecule has 0 aromatic heterocycles. The van der Waals surface area contributed by atoms with Crippen LogP contribution in [0.2, 0.25) is 0 Å². The van der Waals surface area contributed by atoms with Crippen molar-refractivity contribution in [3.05, 3.63) is 23.8 Å². The molecule has 2 aliphatic rings. The zero-order valence-electron chi connectivity index (χ0n) is 11.1. The highest BCUT2D eigenvalue weighted by molar-refractivity contribution is 5.84. The number of fused-ring (bicyclic) bond motifs is 1. The van der Waals surface area contributed by atoms with E-state index in [0.717, 1.165) is 42.7 Å². The fraction of sp³-hybridized carbons (Fsp3) is 0.533. The van der Waals surface area contributed by atoms with Crippen molar-refractivity contribution in [3.8, 4) is 11.5 Å². The van der Waals surface area contributed by atoms with Gasteiger partial charge in [-0.3, -0.25) is 4.79 Å². The van der Waals surface area contributed by atoms with Crippen molar-refractivity contribution in [2.75, 3.05) is 13.4 Å². The normalized spacial score (nSPS) is 19.4. The zero-order chi connectivity index (χ0) is 13.3. The SMILES string of the molecule is CCOC(=O)C1(c2ccc3c(c2)OCO3)CCCC1. The maximum Gasteiger partial charge on any atom is 0.316 e. The molecule has 1 fully saturated rings. The highest BCUT2D eigenvalue weighted by Crippen LogP contribution is 2.45. The lowest BCUT2D eigenvalue weighted by Gasteiger charge is -2.27. The Morgan fingerprint density at radius 1 is 1.26 bits per heavy atom. The van der Waals surface area contributed by atoms with Crippen molar-refractivity contribution in [1.82, 2.24) is 0 Å². The molecule has 0 N–H and O–H groups in total. The number of esters is 1. The topological polar surface area (TPSA) is 44.8 Å². The number of rotatable bonds is 3. The molecule has 4 nitrogen and oxygen atoms in total. The minimum atomic E-state index is -0.489. The molecule has 19 heavy (non-hydrogen) atoms. The smallest absolute Gasteiger partial charge is 0.316 e. The predicted molar refractivity (Wildman–Crippen MR) is 69.3 cm³/mol. The van der Waals surface area contributed by atoms with E-state index in [1.165, 1.54) is 0 Å². The van der Waals surface area contributed by atoms with Crippen molar-refractivity contribution >= 4 is 5.97 Å². The van der Waals surface area contributed by atoms with Crippen LogP contribution in [0.3, 0.4) is 0 Å². The fourth-order valence-corrected chi connectivity index (χ4v) is 3.05. The standard InChI is InChI=1S/C15H18O4/c1-2-17-14(16)15(7-3-4-8-15)11-5-6-12-13(9-11)19-10-18-12/h5-6,9H,2-4,7-8,10H2,1H3. The number of benzene rings is 1. The second-order valence-electron chi connectivity index (χ2n) is 5.08. The Kier molecular flexibility index (Phi) is 3.09. The molecule has 3 rings (SSSR count). The van der Waals surface area contributed by atoms with E-state index in [-0.39, 0.29) is 12.8 Å². The van der Waals surface area contributed by atoms with Gasteiger partial charge in [-0.2, -0.15) is 0 Å². The van der Waals surface area contributed by atoms with Crippen molar-refractivity contribution in [2.45, 2.75) is 38.0 Å². The van der Waals surface area contributed by atoms with Gasteiger partial charge in [0.1, 0.15) is 0 Å². The molecule has 1 saturated carbocycles. The Hall–Kier alpha value is -1.71. The van der Waals surface area contributed by atoms with E-state index >= 15 is 0 Å². The molecule has 102 valence electrons. The van der Waals surface area contributed by atoms with E-state index in [9.17, 15) is 4.79 Å². The van der Waals surface area contributed by atoms with Crippen LogP contribution < -0.4 is 9.47 Å². The molecule has 0 saturated heterocycles. The van der Waals surface area contributed by atoms with Gasteiger partial charge in [-0.05, 0) is 37.5 Å². The summed E-state index contributed by atoms with van der Waals surface area (Å²) in [7, 11) is 0. The highest BCUT2D eigenvalue weighted by atomic mass is 16.7. The molecule has 0 spiro atoms. The molecule has 0 radical (unpaired) electrons. The summed E-state index contributed by atoms with van der Waals surface area (Å²) in [6, 6.07) is 5.79. The quantitative estimate of drug-likeness (QED) is 0.786. The van der Waals surface area contributed by atoms with E-state index in [1.807, 2.05) is 25.1 Å². The molecule has 0 unspecified atom stereocenters. The number of ether oxygens (including phenoxy) is 3. The molecular formula is C15H18O4. The van der Waals surface area contributed by atoms with Gasteiger partial charge in [0.25, 0.3) is 0 Å². The summed E-state index contributed by atoms with van der Waals surface area (Å²) in [5.74, 6) is 1.38. The van der Waals surface area contributed by atoms with Crippen molar-refractivity contribution < 1.29 is 19.0 Å². The lowest BCUT2D eigenvalue weighted by Crippen LogP contribution is -2.34. The van der Waals surface area contributed by atoms with Gasteiger partial charge in [-0.25, -0.2) is 0 Å². The van der Waals surface area contributed by atoms with Crippen molar-refractivity contribution in [2.24, 2.45) is 0 Å². The van der Waals surface area contributed by atoms with Gasteiger partial charge in [0.05, 0.1) is 12.0 Å². The van der Waals surface area contributed by atoms with Crippen LogP contribution in [-0.4, -0.2) is 19.4 Å². The van der Waals surface area contributed by atoms with Gasteiger partial charge in [0.2, 0.25) is 6.79 Å². The summed E-state index contributed by atoms with van der Waals surface area (Å²) < 4.78 is 16.0. The summed E-state index contributed by atoms with van der Waals surface area (Å²) in [6.45, 7) is 2.52. The molecule has 0 bridgehead atoms. The molecule has 1 aromatic rings. The Morgan fingerprint density at radius 2 is 2.00 bits per heavy atom. The lowest BCUT2D eigenvalue weighted by molar-refractivity contribution is -0.150. The molecule has 0 atom stereocenters. The van der Waals surface area contributed by atoms with E-state index in [2.05, 4.69) is 0 Å². The third-order valence-corrected chi connectivity index (χ3v) is 4.05. The minimum absolute atomic E-state index is 0.105. The van der Waals surface area contributed by atoms with Gasteiger partial charge < -0.3 is 14.2 Å². The first kappa shape index (κ1) is 12.3. The second-order valence-corrected chi connectivity index (χ2v) is 5.08. The van der Waals surface area contributed by atoms with Gasteiger partial charge in [-0.1, -0.05) is 18.9 Å². The van der Waals surface area contributed by atoms with Crippen LogP contribution in [-0.2, 0) is 14.9 Å². The van der Waals surface area contributed by atoms with Gasteiger partial charge in [0.15, 0.2) is 11.5 Å². The van der Waals surface area contributed by atoms with E-state index < -0.39 is 5.41 Å². The number of hydrogen-bond acceptors (Lipinski definition) is 4. The molecule has 0 amide bonds. The maximum absolute atomic E-state index is 12.4. The first-order chi connectivity index (χ1) is 9.26. The Bertz CT molecular complexity index is 489. The number of hydrogen-bond donors (Lipinski definition) is 0. The van der Waals surface area contributed by atoms with Gasteiger partial charge in [-0.15, -0.1) is 0 Å². The molecule has 1 heterocycles. The summed E-state index contributed by atoms with van der Waals surface area (Å²) in [5, 5.41) is 0. The Labute approximate surface area is 112 Å². The average molecular weight is 262 g/mol. The average Bonchev–Trinajstić information content (AvgIpc) is 3.08. The second kappa shape index (κ2) is 4.76. The molecule has 1 aliphatic carbocycles. The van der Waals surface area contributed by atoms with Crippen LogP contribution in [0, 0.1) is 0 Å². The van der Waals surface area contributed by atoms with Crippen molar-refractivity contribution in [3.63, 3.8) is 0 Å². The first-order valence-electron chi connectivity index (χ1n) is 6.83. The van der Waals surface area contributed by atoms with Crippen LogP contribution >= 0.6 is 0 Å². The van der Waals surface area contributed by atoms with Gasteiger partial charge >= 0.3 is 5.97 Å². The van der Waals surface area contributed by atoms with Crippen LogP contribution in [0.1, 0.15) is 38.2 Å². The minimum Gasteiger partial charge on any atom is -0.465 e. The Morgan fingerprint density at radius 3 is 2.74 bits per heavy atom. The monoisotopic (exact) mass is 262 g/mol. The van der Waals surface area contributed by atoms with E-state index in [4.69, 9.17) is 14.2 Å². The maximum atomic E-state index is 12.4. The van der Waals surface area contributed by atoms with Crippen LogP contribution in [0.5, 0.6) is 11.5 Å². The molecule has 1 aliphatic heterocycles. The third-order valence-electron chi connectivity index (χ3n) is 4.05. The molecule has 1 aromatic carbocycles. The van der Waals surface area contributed by atoms with Gasteiger partial charge in [0, 0.05) is 0 Å². The summed E-state index contributed by atoms with van der Waals surface area (Å²) in [6.07, 6.45) is 3.83. The third kappa shape index (κ3) is 1.95. The molecule has 4 heteroatoms. The van der Waals surface area contributed by atoms with E-state index in [1.54, 1.807) is 0 Å². The number of carbonyl (C=O) groups is 1. The fourth-order valence-electron chi connectivity index (χ4n) is 3.05. The van der Waals surface area contributed by atoms with Crippen molar-refractivity contribution in [1.29, 1.82) is 0 Å². The largest absolute Gasteiger partial charge is 0.465 e. The van der Waals surface area contributed by atoms with Crippen LogP contribution in [0.15, 0.2) is 18.2 Å². The molecular weight excluding hydrogens is 244 g/mol. The Balaban J connectivity index is 1.98. The summed E-state index contributed by atoms with van der Waals surface area (Å²) >= 11 is 0. The summed E-state index contributed by atoms with van der Waals surface area (Å²) in [4.78, 5) is 12.4.